The molecule has 1 amide bonds. The number of hydrogen-bond acceptors (Lipinski definition) is 4. The third-order valence-electron chi connectivity index (χ3n) is 5.46. The van der Waals surface area contributed by atoms with E-state index in [1.807, 2.05) is 12.1 Å². The number of fused-ring (bicyclic) bond motifs is 1. The molecular weight excluding hydrogens is 474 g/mol. The van der Waals surface area contributed by atoms with Crippen LogP contribution in [0.3, 0.4) is 0 Å². The van der Waals surface area contributed by atoms with E-state index < -0.39 is 23.9 Å². The third-order valence-corrected chi connectivity index (χ3v) is 6.36. The molecule has 0 atom stereocenters. The summed E-state index contributed by atoms with van der Waals surface area (Å²) in [6, 6.07) is 10.5. The molecule has 0 bridgehead atoms. The molecule has 9 heteroatoms. The van der Waals surface area contributed by atoms with Crippen LogP contribution in [0.2, 0.25) is 5.02 Å². The second kappa shape index (κ2) is 8.28. The number of imidazole rings is 1. The van der Waals surface area contributed by atoms with E-state index in [2.05, 4.69) is 31.2 Å². The molecule has 1 saturated carbocycles. The number of hydrogen-bond donors (Lipinski definition) is 3. The average Bonchev–Trinajstić information content (AvgIpc) is 3.34. The Kier molecular flexibility index (Phi) is 5.71. The minimum absolute atomic E-state index is 0.335. The van der Waals surface area contributed by atoms with Gasteiger partial charge in [0.25, 0.3) is 5.91 Å². The van der Waals surface area contributed by atoms with Gasteiger partial charge in [-0.05, 0) is 58.6 Å². The van der Waals surface area contributed by atoms with Crippen molar-refractivity contribution in [1.29, 1.82) is 0 Å². The Labute approximate surface area is 185 Å². The van der Waals surface area contributed by atoms with Gasteiger partial charge in [0.2, 0.25) is 0 Å². The monoisotopic (exact) mass is 491 g/mol. The number of ether oxygens (including phenoxy) is 1. The van der Waals surface area contributed by atoms with Gasteiger partial charge in [-0.1, -0.05) is 36.6 Å². The van der Waals surface area contributed by atoms with Gasteiger partial charge in [0.1, 0.15) is 0 Å². The van der Waals surface area contributed by atoms with Crippen molar-refractivity contribution in [3.8, 4) is 0 Å². The van der Waals surface area contributed by atoms with Gasteiger partial charge in [-0.25, -0.2) is 4.79 Å². The molecule has 3 aromatic rings. The molecule has 0 saturated heterocycles. The molecule has 4 rings (SSSR count). The lowest BCUT2D eigenvalue weighted by Gasteiger charge is -2.27. The van der Waals surface area contributed by atoms with Crippen molar-refractivity contribution in [3.63, 3.8) is 0 Å². The van der Waals surface area contributed by atoms with E-state index in [4.69, 9.17) is 16.3 Å². The van der Waals surface area contributed by atoms with Crippen LogP contribution in [0.5, 0.6) is 0 Å². The van der Waals surface area contributed by atoms with Gasteiger partial charge in [-0.3, -0.25) is 9.59 Å². The summed E-state index contributed by atoms with van der Waals surface area (Å²) in [7, 11) is 0. The van der Waals surface area contributed by atoms with E-state index >= 15 is 0 Å². The van der Waals surface area contributed by atoms with E-state index in [1.165, 1.54) is 0 Å². The fourth-order valence-corrected chi connectivity index (χ4v) is 4.53. The van der Waals surface area contributed by atoms with Crippen molar-refractivity contribution >= 4 is 56.1 Å². The normalized spacial score (nSPS) is 15.3. The highest BCUT2D eigenvalue weighted by Crippen LogP contribution is 2.42. The summed E-state index contributed by atoms with van der Waals surface area (Å²) in [4.78, 5) is 42.1. The summed E-state index contributed by atoms with van der Waals surface area (Å²) < 4.78 is 6.01. The number of anilines is 1. The van der Waals surface area contributed by atoms with Crippen LogP contribution in [0, 0.1) is 0 Å². The molecule has 1 heterocycles. The lowest BCUT2D eigenvalue weighted by Crippen LogP contribution is -2.36. The quantitative estimate of drug-likeness (QED) is 0.463. The first-order chi connectivity index (χ1) is 14.4. The number of halogens is 2. The molecule has 1 aromatic heterocycles. The minimum Gasteiger partial charge on any atom is -0.455 e. The van der Waals surface area contributed by atoms with E-state index in [1.54, 1.807) is 24.3 Å². The molecule has 30 heavy (non-hydrogen) atoms. The molecule has 0 spiro atoms. The smallest absolute Gasteiger partial charge is 0.323 e. The van der Waals surface area contributed by atoms with Gasteiger partial charge >= 0.3 is 11.7 Å². The van der Waals surface area contributed by atoms with Crippen molar-refractivity contribution < 1.29 is 14.3 Å². The number of benzene rings is 2. The van der Waals surface area contributed by atoms with Crippen molar-refractivity contribution in [3.05, 3.63) is 61.9 Å². The highest BCUT2D eigenvalue weighted by molar-refractivity contribution is 9.10. The van der Waals surface area contributed by atoms with E-state index in [0.29, 0.717) is 39.1 Å². The van der Waals surface area contributed by atoms with Gasteiger partial charge in [-0.15, -0.1) is 0 Å². The second-order valence-electron chi connectivity index (χ2n) is 7.38. The SMILES string of the molecule is O=C(COC(=O)C1(c2ccc(Cl)cc2)CCCC1)Nc1cc2[nH]c(=O)[nH]c2cc1Br. The predicted octanol–water partition coefficient (Wildman–Crippen LogP) is 4.27. The summed E-state index contributed by atoms with van der Waals surface area (Å²) in [6.45, 7) is -0.400. The van der Waals surface area contributed by atoms with Gasteiger partial charge in [-0.2, -0.15) is 0 Å². The Morgan fingerprint density at radius 2 is 1.73 bits per heavy atom. The molecule has 0 aliphatic heterocycles. The number of esters is 1. The Bertz CT molecular complexity index is 1160. The zero-order valence-corrected chi connectivity index (χ0v) is 18.2. The maximum atomic E-state index is 13.0. The Morgan fingerprint density at radius 1 is 1.10 bits per heavy atom. The van der Waals surface area contributed by atoms with Crippen molar-refractivity contribution in [2.24, 2.45) is 0 Å². The number of H-pyrrole nitrogens is 2. The van der Waals surface area contributed by atoms with Crippen molar-refractivity contribution in [2.75, 3.05) is 11.9 Å². The molecule has 1 fully saturated rings. The standard InChI is InChI=1S/C21H19BrClN3O4/c22-14-9-16-17(26-20(29)25-16)10-15(14)24-18(27)11-30-19(28)21(7-1-2-8-21)12-3-5-13(23)6-4-12/h3-6,9-10H,1-2,7-8,11H2,(H,24,27)(H2,25,26,29). The zero-order valence-electron chi connectivity index (χ0n) is 15.9. The largest absolute Gasteiger partial charge is 0.455 e. The number of carbonyl (C=O) groups excluding carboxylic acids is 2. The maximum absolute atomic E-state index is 13.0. The summed E-state index contributed by atoms with van der Waals surface area (Å²) in [6.07, 6.45) is 3.20. The Hall–Kier alpha value is -2.58. The van der Waals surface area contributed by atoms with Gasteiger partial charge in [0, 0.05) is 9.50 Å². The van der Waals surface area contributed by atoms with Crippen LogP contribution in [-0.2, 0) is 19.7 Å². The van der Waals surface area contributed by atoms with Gasteiger partial charge < -0.3 is 20.0 Å². The first-order valence-electron chi connectivity index (χ1n) is 9.52. The topological polar surface area (TPSA) is 104 Å². The number of aromatic amines is 2. The van der Waals surface area contributed by atoms with Crippen molar-refractivity contribution in [2.45, 2.75) is 31.1 Å². The third kappa shape index (κ3) is 4.02. The maximum Gasteiger partial charge on any atom is 0.323 e. The van der Waals surface area contributed by atoms with Crippen LogP contribution in [-0.4, -0.2) is 28.5 Å². The Balaban J connectivity index is 1.45. The molecule has 0 unspecified atom stereocenters. The van der Waals surface area contributed by atoms with Crippen LogP contribution in [0.1, 0.15) is 31.2 Å². The van der Waals surface area contributed by atoms with Crippen LogP contribution in [0.15, 0.2) is 45.7 Å². The summed E-state index contributed by atoms with van der Waals surface area (Å²) in [5.41, 5.74) is 1.42. The lowest BCUT2D eigenvalue weighted by molar-refractivity contribution is -0.153. The number of amides is 1. The first-order valence-corrected chi connectivity index (χ1v) is 10.7. The van der Waals surface area contributed by atoms with E-state index in [0.717, 1.165) is 18.4 Å². The fourth-order valence-electron chi connectivity index (χ4n) is 3.97. The minimum atomic E-state index is -0.741. The number of carbonyl (C=O) groups is 2. The van der Waals surface area contributed by atoms with Crippen LogP contribution >= 0.6 is 27.5 Å². The number of rotatable bonds is 5. The molecule has 1 aliphatic rings. The van der Waals surface area contributed by atoms with Crippen LogP contribution in [0.4, 0.5) is 5.69 Å². The van der Waals surface area contributed by atoms with Gasteiger partial charge in [0.05, 0.1) is 22.1 Å². The molecule has 3 N–H and O–H groups in total. The summed E-state index contributed by atoms with van der Waals surface area (Å²) in [5, 5.41) is 3.30. The van der Waals surface area contributed by atoms with Crippen LogP contribution in [0.25, 0.3) is 11.0 Å². The lowest BCUT2D eigenvalue weighted by atomic mass is 9.79. The highest BCUT2D eigenvalue weighted by atomic mass is 79.9. The molecule has 2 aromatic carbocycles. The molecular formula is C21H19BrClN3O4. The Morgan fingerprint density at radius 3 is 2.40 bits per heavy atom. The highest BCUT2D eigenvalue weighted by Gasteiger charge is 2.44. The molecule has 7 nitrogen and oxygen atoms in total. The molecule has 1 aliphatic carbocycles. The van der Waals surface area contributed by atoms with E-state index in [9.17, 15) is 14.4 Å². The van der Waals surface area contributed by atoms with Crippen molar-refractivity contribution in [1.82, 2.24) is 9.97 Å². The first kappa shape index (κ1) is 20.7. The average molecular weight is 493 g/mol. The number of nitrogens with one attached hydrogen (secondary N) is 3. The predicted molar refractivity (Wildman–Crippen MR) is 118 cm³/mol. The molecule has 0 radical (unpaired) electrons. The van der Waals surface area contributed by atoms with E-state index in [-0.39, 0.29) is 5.69 Å². The molecule has 156 valence electrons. The number of aromatic nitrogens is 2. The summed E-state index contributed by atoms with van der Waals surface area (Å²) in [5.74, 6) is -0.868. The van der Waals surface area contributed by atoms with Crippen LogP contribution < -0.4 is 11.0 Å². The zero-order chi connectivity index (χ0) is 21.3. The van der Waals surface area contributed by atoms with Gasteiger partial charge in [0.15, 0.2) is 6.61 Å². The second-order valence-corrected chi connectivity index (χ2v) is 8.67. The fraction of sp³-hybridized carbons (Fsp3) is 0.286. The summed E-state index contributed by atoms with van der Waals surface area (Å²) >= 11 is 9.34.